The van der Waals surface area contributed by atoms with E-state index in [1.54, 1.807) is 12.1 Å². The van der Waals surface area contributed by atoms with E-state index in [-0.39, 0.29) is 30.8 Å². The summed E-state index contributed by atoms with van der Waals surface area (Å²) in [6.07, 6.45) is 0.114. The van der Waals surface area contributed by atoms with Gasteiger partial charge in [0.2, 0.25) is 0 Å². The number of sulfone groups is 1. The standard InChI is InChI=1S/C13H15FO4S/c14-11-4-2-1-3-10(11)9-13(12(15)16)5-7-19(17,18)8-6-13/h1-4H,5-9H2,(H,15,16). The van der Waals surface area contributed by atoms with E-state index in [1.165, 1.54) is 12.1 Å². The Morgan fingerprint density at radius 1 is 1.26 bits per heavy atom. The Balaban J connectivity index is 2.28. The van der Waals surface area contributed by atoms with Crippen molar-refractivity contribution in [1.29, 1.82) is 0 Å². The molecule has 1 N–H and O–H groups in total. The minimum atomic E-state index is -3.15. The van der Waals surface area contributed by atoms with Crippen LogP contribution in [0.4, 0.5) is 4.39 Å². The molecule has 1 aromatic carbocycles. The van der Waals surface area contributed by atoms with Crippen LogP contribution in [0.5, 0.6) is 0 Å². The van der Waals surface area contributed by atoms with Gasteiger partial charge >= 0.3 is 5.97 Å². The second kappa shape index (κ2) is 4.92. The molecule has 0 radical (unpaired) electrons. The number of hydrogen-bond donors (Lipinski definition) is 1. The van der Waals surface area contributed by atoms with Crippen molar-refractivity contribution < 1.29 is 22.7 Å². The molecule has 0 bridgehead atoms. The summed E-state index contributed by atoms with van der Waals surface area (Å²) in [4.78, 5) is 11.5. The lowest BCUT2D eigenvalue weighted by Crippen LogP contribution is -2.41. The highest BCUT2D eigenvalue weighted by atomic mass is 32.2. The number of carboxylic acid groups (broad SMARTS) is 1. The predicted octanol–water partition coefficient (Wildman–Crippen LogP) is 1.65. The third kappa shape index (κ3) is 2.94. The van der Waals surface area contributed by atoms with Gasteiger partial charge in [-0.1, -0.05) is 18.2 Å². The van der Waals surface area contributed by atoms with Gasteiger partial charge in [-0.2, -0.15) is 0 Å². The van der Waals surface area contributed by atoms with Gasteiger partial charge in [0.05, 0.1) is 16.9 Å². The highest BCUT2D eigenvalue weighted by molar-refractivity contribution is 7.91. The van der Waals surface area contributed by atoms with Crippen LogP contribution in [0.2, 0.25) is 0 Å². The molecule has 1 aliphatic rings. The first-order valence-electron chi connectivity index (χ1n) is 6.02. The first-order valence-corrected chi connectivity index (χ1v) is 7.84. The SMILES string of the molecule is O=C(O)C1(Cc2ccccc2F)CCS(=O)(=O)CC1. The Labute approximate surface area is 111 Å². The Hall–Kier alpha value is -1.43. The smallest absolute Gasteiger partial charge is 0.310 e. The minimum absolute atomic E-state index is 0.0323. The number of hydrogen-bond acceptors (Lipinski definition) is 3. The second-order valence-corrected chi connectivity index (χ2v) is 7.31. The van der Waals surface area contributed by atoms with Crippen molar-refractivity contribution in [3.63, 3.8) is 0 Å². The van der Waals surface area contributed by atoms with Gasteiger partial charge in [-0.3, -0.25) is 4.79 Å². The number of carbonyl (C=O) groups is 1. The van der Waals surface area contributed by atoms with Crippen LogP contribution >= 0.6 is 0 Å². The van der Waals surface area contributed by atoms with E-state index in [0.717, 1.165) is 0 Å². The van der Waals surface area contributed by atoms with Crippen molar-refractivity contribution in [2.45, 2.75) is 19.3 Å². The minimum Gasteiger partial charge on any atom is -0.481 e. The Bertz CT molecular complexity index is 580. The molecule has 1 saturated heterocycles. The first-order chi connectivity index (χ1) is 8.85. The quantitative estimate of drug-likeness (QED) is 0.917. The molecular formula is C13H15FO4S. The summed E-state index contributed by atoms with van der Waals surface area (Å²) >= 11 is 0. The van der Waals surface area contributed by atoms with E-state index in [4.69, 9.17) is 0 Å². The lowest BCUT2D eigenvalue weighted by atomic mass is 9.76. The van der Waals surface area contributed by atoms with E-state index < -0.39 is 27.0 Å². The molecule has 1 aliphatic heterocycles. The summed E-state index contributed by atoms with van der Waals surface area (Å²) in [6, 6.07) is 6.01. The third-order valence-electron chi connectivity index (χ3n) is 3.72. The molecule has 104 valence electrons. The van der Waals surface area contributed by atoms with Gasteiger partial charge in [0.1, 0.15) is 15.7 Å². The maximum absolute atomic E-state index is 13.6. The van der Waals surface area contributed by atoms with Crippen molar-refractivity contribution in [1.82, 2.24) is 0 Å². The zero-order chi connectivity index (χ0) is 14.1. The van der Waals surface area contributed by atoms with E-state index in [2.05, 4.69) is 0 Å². The number of halogens is 1. The number of carboxylic acids is 1. The van der Waals surface area contributed by atoms with Crippen molar-refractivity contribution >= 4 is 15.8 Å². The lowest BCUT2D eigenvalue weighted by molar-refractivity contribution is -0.149. The highest BCUT2D eigenvalue weighted by Crippen LogP contribution is 2.37. The van der Waals surface area contributed by atoms with Crippen LogP contribution in [-0.2, 0) is 21.1 Å². The summed E-state index contributed by atoms with van der Waals surface area (Å²) in [7, 11) is -3.15. The summed E-state index contributed by atoms with van der Waals surface area (Å²) in [5.74, 6) is -1.79. The second-order valence-electron chi connectivity index (χ2n) is 5.01. The molecule has 6 heteroatoms. The molecule has 0 aliphatic carbocycles. The van der Waals surface area contributed by atoms with Gasteiger partial charge in [0.25, 0.3) is 0 Å². The van der Waals surface area contributed by atoms with Crippen LogP contribution in [0.15, 0.2) is 24.3 Å². The molecule has 1 heterocycles. The Morgan fingerprint density at radius 2 is 1.84 bits per heavy atom. The average molecular weight is 286 g/mol. The summed E-state index contributed by atoms with van der Waals surface area (Å²) in [6.45, 7) is 0. The van der Waals surface area contributed by atoms with Gasteiger partial charge in [-0.15, -0.1) is 0 Å². The zero-order valence-electron chi connectivity index (χ0n) is 10.3. The molecule has 0 saturated carbocycles. The number of aliphatic carboxylic acids is 1. The molecule has 1 aromatic rings. The molecule has 4 nitrogen and oxygen atoms in total. The van der Waals surface area contributed by atoms with Crippen molar-refractivity contribution in [2.24, 2.45) is 5.41 Å². The predicted molar refractivity (Wildman–Crippen MR) is 68.1 cm³/mol. The van der Waals surface area contributed by atoms with E-state index in [0.29, 0.717) is 5.56 Å². The van der Waals surface area contributed by atoms with Crippen LogP contribution in [0.3, 0.4) is 0 Å². The maximum Gasteiger partial charge on any atom is 0.310 e. The molecule has 0 aromatic heterocycles. The fraction of sp³-hybridized carbons (Fsp3) is 0.462. The highest BCUT2D eigenvalue weighted by Gasteiger charge is 2.43. The van der Waals surface area contributed by atoms with E-state index in [1.807, 2.05) is 0 Å². The molecule has 0 spiro atoms. The van der Waals surface area contributed by atoms with Gasteiger partial charge in [0.15, 0.2) is 0 Å². The fourth-order valence-corrected chi connectivity index (χ4v) is 4.01. The summed E-state index contributed by atoms with van der Waals surface area (Å²) in [5.41, 5.74) is -0.850. The molecule has 19 heavy (non-hydrogen) atoms. The van der Waals surface area contributed by atoms with E-state index in [9.17, 15) is 22.7 Å². The largest absolute Gasteiger partial charge is 0.481 e. The number of rotatable bonds is 3. The van der Waals surface area contributed by atoms with Gasteiger partial charge in [-0.25, -0.2) is 12.8 Å². The van der Waals surface area contributed by atoms with Crippen LogP contribution < -0.4 is 0 Å². The van der Waals surface area contributed by atoms with E-state index >= 15 is 0 Å². The van der Waals surface area contributed by atoms with Crippen molar-refractivity contribution in [2.75, 3.05) is 11.5 Å². The topological polar surface area (TPSA) is 71.4 Å². The normalized spacial score (nSPS) is 20.9. The maximum atomic E-state index is 13.6. The van der Waals surface area contributed by atoms with Gasteiger partial charge in [0, 0.05) is 0 Å². The molecule has 0 unspecified atom stereocenters. The van der Waals surface area contributed by atoms with Gasteiger partial charge in [-0.05, 0) is 30.9 Å². The average Bonchev–Trinajstić information content (AvgIpc) is 2.34. The first kappa shape index (κ1) is 14.0. The Kier molecular flexibility index (Phi) is 3.62. The molecule has 2 rings (SSSR count). The lowest BCUT2D eigenvalue weighted by Gasteiger charge is -2.33. The van der Waals surface area contributed by atoms with Crippen molar-refractivity contribution in [3.05, 3.63) is 35.6 Å². The van der Waals surface area contributed by atoms with Crippen LogP contribution in [0.1, 0.15) is 18.4 Å². The monoisotopic (exact) mass is 286 g/mol. The summed E-state index contributed by atoms with van der Waals surface area (Å²) < 4.78 is 36.4. The Morgan fingerprint density at radius 3 is 2.37 bits per heavy atom. The molecular weight excluding hydrogens is 271 g/mol. The number of benzene rings is 1. The zero-order valence-corrected chi connectivity index (χ0v) is 11.1. The summed E-state index contributed by atoms with van der Waals surface area (Å²) in [5, 5.41) is 9.39. The van der Waals surface area contributed by atoms with Crippen molar-refractivity contribution in [3.8, 4) is 0 Å². The molecule has 1 fully saturated rings. The molecule has 0 atom stereocenters. The fourth-order valence-electron chi connectivity index (χ4n) is 2.40. The van der Waals surface area contributed by atoms with Crippen LogP contribution in [0.25, 0.3) is 0 Å². The van der Waals surface area contributed by atoms with Crippen LogP contribution in [-0.4, -0.2) is 31.0 Å². The molecule has 0 amide bonds. The third-order valence-corrected chi connectivity index (χ3v) is 5.38. The van der Waals surface area contributed by atoms with Crippen LogP contribution in [0, 0.1) is 11.2 Å². The van der Waals surface area contributed by atoms with Gasteiger partial charge < -0.3 is 5.11 Å².